The summed E-state index contributed by atoms with van der Waals surface area (Å²) < 4.78 is 38.0. The van der Waals surface area contributed by atoms with Gasteiger partial charge in [-0.2, -0.15) is 13.2 Å². The molecule has 2 fully saturated rings. The maximum Gasteiger partial charge on any atom is 0.414 e. The van der Waals surface area contributed by atoms with Crippen LogP contribution in [0.5, 0.6) is 5.75 Å². The summed E-state index contributed by atoms with van der Waals surface area (Å²) in [6.07, 6.45) is 0.612. The summed E-state index contributed by atoms with van der Waals surface area (Å²) in [4.78, 5) is 0. The second-order valence-corrected chi connectivity index (χ2v) is 10.6. The monoisotopic (exact) mass is 452 g/mol. The first-order valence-corrected chi connectivity index (χ1v) is 11.9. The molecule has 32 heavy (non-hydrogen) atoms. The second-order valence-electron chi connectivity index (χ2n) is 10.6. The number of allylic oxidation sites excluding steroid dienone is 1. The summed E-state index contributed by atoms with van der Waals surface area (Å²) in [5, 5.41) is 30.3. The van der Waals surface area contributed by atoms with Gasteiger partial charge in [-0.3, -0.25) is 0 Å². The smallest absolute Gasteiger partial charge is 0.414 e. The maximum absolute atomic E-state index is 12.7. The van der Waals surface area contributed by atoms with Crippen molar-refractivity contribution in [2.75, 3.05) is 0 Å². The molecule has 3 N–H and O–H groups in total. The third kappa shape index (κ3) is 3.77. The zero-order valence-corrected chi connectivity index (χ0v) is 18.7. The van der Waals surface area contributed by atoms with Crippen LogP contribution in [0.4, 0.5) is 13.2 Å². The fourth-order valence-electron chi connectivity index (χ4n) is 7.60. The van der Waals surface area contributed by atoms with Crippen molar-refractivity contribution < 1.29 is 28.5 Å². The minimum Gasteiger partial charge on any atom is -0.508 e. The number of phenols is 1. The fourth-order valence-corrected chi connectivity index (χ4v) is 7.60. The molecule has 3 nitrogen and oxygen atoms in total. The van der Waals surface area contributed by atoms with E-state index < -0.39 is 12.3 Å². The van der Waals surface area contributed by atoms with Crippen LogP contribution in [0.15, 0.2) is 30.9 Å². The van der Waals surface area contributed by atoms with Crippen molar-refractivity contribution in [3.05, 3.63) is 42.0 Å². The van der Waals surface area contributed by atoms with Crippen molar-refractivity contribution in [1.29, 1.82) is 0 Å². The first-order chi connectivity index (χ1) is 15.0. The van der Waals surface area contributed by atoms with E-state index in [0.717, 1.165) is 44.1 Å². The van der Waals surface area contributed by atoms with Crippen molar-refractivity contribution in [3.63, 3.8) is 0 Å². The second kappa shape index (κ2) is 8.35. The van der Waals surface area contributed by atoms with E-state index in [2.05, 4.69) is 19.6 Å². The van der Waals surface area contributed by atoms with Gasteiger partial charge in [0.25, 0.3) is 0 Å². The molecule has 0 saturated heterocycles. The first-order valence-electron chi connectivity index (χ1n) is 11.9. The molecular formula is C26H35F3O3. The molecule has 0 unspecified atom stereocenters. The Kier molecular flexibility index (Phi) is 6.17. The Morgan fingerprint density at radius 3 is 2.69 bits per heavy atom. The van der Waals surface area contributed by atoms with Crippen molar-refractivity contribution in [3.8, 4) is 5.75 Å². The molecule has 4 rings (SSSR count). The van der Waals surface area contributed by atoms with Gasteiger partial charge in [0, 0.05) is 0 Å². The number of benzene rings is 1. The lowest BCUT2D eigenvalue weighted by Gasteiger charge is -2.60. The third-order valence-electron chi connectivity index (χ3n) is 9.04. The zero-order chi connectivity index (χ0) is 23.3. The van der Waals surface area contributed by atoms with Gasteiger partial charge < -0.3 is 15.3 Å². The maximum atomic E-state index is 12.7. The van der Waals surface area contributed by atoms with Gasteiger partial charge in [-0.15, -0.1) is 6.58 Å². The van der Waals surface area contributed by atoms with Gasteiger partial charge in [-0.25, -0.2) is 0 Å². The predicted octanol–water partition coefficient (Wildman–Crippen LogP) is 5.88. The average Bonchev–Trinajstić information content (AvgIpc) is 3.04. The number of aryl methyl sites for hydroxylation is 1. The number of hydrogen-bond acceptors (Lipinski definition) is 3. The van der Waals surface area contributed by atoms with Crippen LogP contribution in [0.1, 0.15) is 75.3 Å². The average molecular weight is 453 g/mol. The number of fused-ring (bicyclic) bond motifs is 5. The van der Waals surface area contributed by atoms with E-state index in [1.807, 2.05) is 12.1 Å². The highest BCUT2D eigenvalue weighted by atomic mass is 19.4. The quantitative estimate of drug-likeness (QED) is 0.373. The van der Waals surface area contributed by atoms with E-state index in [4.69, 9.17) is 0 Å². The molecule has 6 heteroatoms. The van der Waals surface area contributed by atoms with Crippen LogP contribution in [0.25, 0.3) is 0 Å². The number of halogens is 3. The van der Waals surface area contributed by atoms with Crippen LogP contribution in [0.2, 0.25) is 0 Å². The summed E-state index contributed by atoms with van der Waals surface area (Å²) in [5.74, 6) is 0.955. The van der Waals surface area contributed by atoms with Crippen LogP contribution in [-0.2, 0) is 6.42 Å². The third-order valence-corrected chi connectivity index (χ3v) is 9.04. The number of phenolic OH excluding ortho intramolecular Hbond substituents is 1. The van der Waals surface area contributed by atoms with Gasteiger partial charge in [0.1, 0.15) is 11.9 Å². The SMILES string of the molecule is C=C[C@@]12CCc3cc(O)ccc3[C@H]1[C@@H](CCCC[C@H](O)C(F)(F)F)C[C@@]1(C)[C@H]2CC[C@@H]1O. The summed E-state index contributed by atoms with van der Waals surface area (Å²) in [6.45, 7) is 6.44. The molecule has 3 aliphatic carbocycles. The minimum atomic E-state index is -4.57. The van der Waals surface area contributed by atoms with Crippen LogP contribution in [0.3, 0.4) is 0 Å². The van der Waals surface area contributed by atoms with E-state index in [1.165, 1.54) is 5.56 Å². The highest BCUT2D eigenvalue weighted by molar-refractivity contribution is 5.43. The molecule has 0 heterocycles. The number of aliphatic hydroxyl groups excluding tert-OH is 2. The molecule has 0 aliphatic heterocycles. The van der Waals surface area contributed by atoms with E-state index in [0.29, 0.717) is 18.8 Å². The summed E-state index contributed by atoms with van der Waals surface area (Å²) >= 11 is 0. The molecule has 7 atom stereocenters. The molecule has 0 aromatic heterocycles. The molecular weight excluding hydrogens is 417 g/mol. The number of hydrogen-bond donors (Lipinski definition) is 3. The number of unbranched alkanes of at least 4 members (excludes halogenated alkanes) is 1. The molecule has 0 bridgehead atoms. The lowest BCUT2D eigenvalue weighted by Crippen LogP contribution is -2.54. The zero-order valence-electron chi connectivity index (χ0n) is 18.7. The van der Waals surface area contributed by atoms with Gasteiger partial charge >= 0.3 is 6.18 Å². The number of aromatic hydroxyl groups is 1. The largest absolute Gasteiger partial charge is 0.508 e. The van der Waals surface area contributed by atoms with Crippen molar-refractivity contribution in [2.45, 2.75) is 89.0 Å². The van der Waals surface area contributed by atoms with Crippen LogP contribution in [-0.4, -0.2) is 33.7 Å². The Morgan fingerprint density at radius 2 is 2.00 bits per heavy atom. The molecule has 0 amide bonds. The van der Waals surface area contributed by atoms with Crippen molar-refractivity contribution in [2.24, 2.45) is 22.7 Å². The van der Waals surface area contributed by atoms with Gasteiger partial charge in [0.15, 0.2) is 0 Å². The topological polar surface area (TPSA) is 60.7 Å². The Labute approximate surface area is 188 Å². The van der Waals surface area contributed by atoms with Crippen LogP contribution < -0.4 is 0 Å². The van der Waals surface area contributed by atoms with Gasteiger partial charge in [-0.05, 0) is 96.8 Å². The Hall–Kier alpha value is -1.53. The van der Waals surface area contributed by atoms with Gasteiger partial charge in [-0.1, -0.05) is 31.9 Å². The molecule has 0 radical (unpaired) electrons. The van der Waals surface area contributed by atoms with E-state index in [9.17, 15) is 28.5 Å². The fraction of sp³-hybridized carbons (Fsp3) is 0.692. The van der Waals surface area contributed by atoms with Crippen molar-refractivity contribution >= 4 is 0 Å². The van der Waals surface area contributed by atoms with E-state index in [-0.39, 0.29) is 40.9 Å². The van der Waals surface area contributed by atoms with E-state index >= 15 is 0 Å². The normalized spacial score (nSPS) is 37.3. The summed E-state index contributed by atoms with van der Waals surface area (Å²) in [6, 6.07) is 5.59. The van der Waals surface area contributed by atoms with Gasteiger partial charge in [0.05, 0.1) is 6.10 Å². The van der Waals surface area contributed by atoms with Crippen LogP contribution in [0, 0.1) is 22.7 Å². The molecule has 178 valence electrons. The lowest BCUT2D eigenvalue weighted by atomic mass is 9.44. The standard InChI is InChI=1S/C26H35F3O3/c1-3-25-13-12-16-14-18(30)8-9-19(16)23(25)17(6-4-5-7-22(32)26(27,28)29)15-24(2)20(25)10-11-21(24)31/h3,8-9,14,17,20-23,30-32H,1,4-7,10-13,15H2,2H3/t17-,20+,21-,22-,23+,24-,25-/m0/s1. The number of alkyl halides is 3. The van der Waals surface area contributed by atoms with Crippen LogP contribution >= 0.6 is 0 Å². The highest BCUT2D eigenvalue weighted by Gasteiger charge is 2.63. The predicted molar refractivity (Wildman–Crippen MR) is 117 cm³/mol. The molecule has 3 aliphatic rings. The van der Waals surface area contributed by atoms with Gasteiger partial charge in [0.2, 0.25) is 0 Å². The number of rotatable bonds is 6. The summed E-state index contributed by atoms with van der Waals surface area (Å²) in [5.41, 5.74) is 1.98. The molecule has 2 saturated carbocycles. The molecule has 0 spiro atoms. The number of aliphatic hydroxyl groups is 2. The Morgan fingerprint density at radius 1 is 1.25 bits per heavy atom. The first kappa shape index (κ1) is 23.6. The van der Waals surface area contributed by atoms with Crippen molar-refractivity contribution in [1.82, 2.24) is 0 Å². The summed E-state index contributed by atoms with van der Waals surface area (Å²) in [7, 11) is 0. The minimum absolute atomic E-state index is 0.162. The highest BCUT2D eigenvalue weighted by Crippen LogP contribution is 2.69. The lowest BCUT2D eigenvalue weighted by molar-refractivity contribution is -0.205. The van der Waals surface area contributed by atoms with E-state index in [1.54, 1.807) is 6.07 Å². The Balaban J connectivity index is 1.63. The molecule has 1 aromatic rings. The molecule has 1 aromatic carbocycles. The Bertz CT molecular complexity index is 853.